The Hall–Kier alpha value is -0.820. The Labute approximate surface area is 115 Å². The van der Waals surface area contributed by atoms with Crippen LogP contribution in [0.4, 0.5) is 0 Å². The first-order valence-electron chi connectivity index (χ1n) is 6.68. The quantitative estimate of drug-likeness (QED) is 0.409. The highest BCUT2D eigenvalue weighted by Crippen LogP contribution is 2.10. The van der Waals surface area contributed by atoms with E-state index in [9.17, 15) is 8.42 Å². The molecule has 0 spiro atoms. The number of nitrogens with one attached hydrogen (secondary N) is 2. The Morgan fingerprint density at radius 3 is 2.74 bits per heavy atom. The van der Waals surface area contributed by atoms with Crippen molar-refractivity contribution >= 4 is 15.8 Å². The summed E-state index contributed by atoms with van der Waals surface area (Å²) in [5.74, 6) is 1.62. The lowest BCUT2D eigenvalue weighted by atomic mass is 10.2. The minimum Gasteiger partial charge on any atom is -0.379 e. The van der Waals surface area contributed by atoms with Gasteiger partial charge in [0.2, 0.25) is 0 Å². The van der Waals surface area contributed by atoms with Gasteiger partial charge in [-0.3, -0.25) is 4.99 Å². The van der Waals surface area contributed by atoms with Crippen LogP contribution in [-0.4, -0.2) is 58.7 Å². The lowest BCUT2D eigenvalue weighted by Gasteiger charge is -2.16. The SMILES string of the molecule is CN=C(NCCOCC(C)C)NC1CCS(=O)(=O)C1. The van der Waals surface area contributed by atoms with E-state index in [0.29, 0.717) is 31.4 Å². The van der Waals surface area contributed by atoms with Gasteiger partial charge in [-0.25, -0.2) is 8.42 Å². The molecule has 1 aliphatic heterocycles. The number of hydrogen-bond acceptors (Lipinski definition) is 4. The van der Waals surface area contributed by atoms with E-state index in [4.69, 9.17) is 4.74 Å². The van der Waals surface area contributed by atoms with Crippen molar-refractivity contribution in [1.82, 2.24) is 10.6 Å². The largest absolute Gasteiger partial charge is 0.379 e. The average molecular weight is 291 g/mol. The summed E-state index contributed by atoms with van der Waals surface area (Å²) in [6.45, 7) is 6.23. The van der Waals surface area contributed by atoms with Gasteiger partial charge in [-0.05, 0) is 12.3 Å². The Balaban J connectivity index is 2.20. The van der Waals surface area contributed by atoms with Crippen LogP contribution in [0.2, 0.25) is 0 Å². The fraction of sp³-hybridized carbons (Fsp3) is 0.917. The van der Waals surface area contributed by atoms with E-state index in [1.807, 2.05) is 0 Å². The van der Waals surface area contributed by atoms with Crippen molar-refractivity contribution in [2.45, 2.75) is 26.3 Å². The molecular weight excluding hydrogens is 266 g/mol. The molecule has 1 heterocycles. The monoisotopic (exact) mass is 291 g/mol. The maximum Gasteiger partial charge on any atom is 0.191 e. The van der Waals surface area contributed by atoms with Crippen LogP contribution in [0.25, 0.3) is 0 Å². The third-order valence-electron chi connectivity index (χ3n) is 2.79. The topological polar surface area (TPSA) is 79.8 Å². The van der Waals surface area contributed by atoms with Crippen molar-refractivity contribution < 1.29 is 13.2 Å². The summed E-state index contributed by atoms with van der Waals surface area (Å²) in [5.41, 5.74) is 0. The van der Waals surface area contributed by atoms with Crippen molar-refractivity contribution in [1.29, 1.82) is 0 Å². The molecule has 0 aromatic carbocycles. The zero-order valence-corrected chi connectivity index (χ0v) is 12.8. The lowest BCUT2D eigenvalue weighted by molar-refractivity contribution is 0.114. The fourth-order valence-corrected chi connectivity index (χ4v) is 3.53. The van der Waals surface area contributed by atoms with Gasteiger partial charge in [0.05, 0.1) is 18.1 Å². The summed E-state index contributed by atoms with van der Waals surface area (Å²) in [4.78, 5) is 4.08. The highest BCUT2D eigenvalue weighted by atomic mass is 32.2. The third kappa shape index (κ3) is 6.77. The number of nitrogens with zero attached hydrogens (tertiary/aromatic N) is 1. The summed E-state index contributed by atoms with van der Waals surface area (Å²) in [6.07, 6.45) is 0.646. The van der Waals surface area contributed by atoms with E-state index in [1.165, 1.54) is 0 Å². The molecule has 112 valence electrons. The Morgan fingerprint density at radius 1 is 1.47 bits per heavy atom. The highest BCUT2D eigenvalue weighted by Gasteiger charge is 2.28. The van der Waals surface area contributed by atoms with Gasteiger partial charge >= 0.3 is 0 Å². The van der Waals surface area contributed by atoms with Gasteiger partial charge in [0.1, 0.15) is 0 Å². The van der Waals surface area contributed by atoms with Crippen molar-refractivity contribution in [3.63, 3.8) is 0 Å². The van der Waals surface area contributed by atoms with Crippen molar-refractivity contribution in [3.05, 3.63) is 0 Å². The summed E-state index contributed by atoms with van der Waals surface area (Å²) in [6, 6.07) is -0.0345. The number of ether oxygens (including phenoxy) is 1. The van der Waals surface area contributed by atoms with Crippen molar-refractivity contribution in [3.8, 4) is 0 Å². The van der Waals surface area contributed by atoms with E-state index in [0.717, 1.165) is 6.61 Å². The molecular formula is C12H25N3O3S. The van der Waals surface area contributed by atoms with Gasteiger partial charge in [0.15, 0.2) is 15.8 Å². The number of aliphatic imine (C=N–C) groups is 1. The van der Waals surface area contributed by atoms with Gasteiger partial charge in [-0.15, -0.1) is 0 Å². The molecule has 0 aromatic rings. The molecule has 0 aromatic heterocycles. The fourth-order valence-electron chi connectivity index (χ4n) is 1.86. The van der Waals surface area contributed by atoms with E-state index < -0.39 is 9.84 Å². The highest BCUT2D eigenvalue weighted by molar-refractivity contribution is 7.91. The number of sulfone groups is 1. The number of guanidine groups is 1. The molecule has 0 aliphatic carbocycles. The molecule has 1 rings (SSSR count). The van der Waals surface area contributed by atoms with Crippen LogP contribution >= 0.6 is 0 Å². The summed E-state index contributed by atoms with van der Waals surface area (Å²) >= 11 is 0. The third-order valence-corrected chi connectivity index (χ3v) is 4.55. The normalized spacial score (nSPS) is 22.7. The molecule has 0 radical (unpaired) electrons. The van der Waals surface area contributed by atoms with Crippen LogP contribution < -0.4 is 10.6 Å². The molecule has 1 unspecified atom stereocenters. The molecule has 0 amide bonds. The number of rotatable bonds is 6. The van der Waals surface area contributed by atoms with Gasteiger partial charge in [-0.1, -0.05) is 13.8 Å². The molecule has 7 heteroatoms. The molecule has 1 atom stereocenters. The maximum absolute atomic E-state index is 11.4. The van der Waals surface area contributed by atoms with E-state index in [2.05, 4.69) is 29.5 Å². The summed E-state index contributed by atoms with van der Waals surface area (Å²) in [7, 11) is -1.18. The van der Waals surface area contributed by atoms with Gasteiger partial charge in [0.25, 0.3) is 0 Å². The predicted molar refractivity (Wildman–Crippen MR) is 77.2 cm³/mol. The maximum atomic E-state index is 11.4. The smallest absolute Gasteiger partial charge is 0.191 e. The Kier molecular flexibility index (Phi) is 6.57. The van der Waals surface area contributed by atoms with Crippen molar-refractivity contribution in [2.75, 3.05) is 38.3 Å². The zero-order valence-electron chi connectivity index (χ0n) is 12.0. The lowest BCUT2D eigenvalue weighted by Crippen LogP contribution is -2.44. The first-order chi connectivity index (χ1) is 8.93. The van der Waals surface area contributed by atoms with Crippen LogP contribution in [0.5, 0.6) is 0 Å². The second-order valence-electron chi connectivity index (χ2n) is 5.21. The minimum absolute atomic E-state index is 0.0345. The standard InChI is InChI=1S/C12H25N3O3S/c1-10(2)8-18-6-5-14-12(13-3)15-11-4-7-19(16,17)9-11/h10-11H,4-9H2,1-3H3,(H2,13,14,15). The van der Waals surface area contributed by atoms with Crippen LogP contribution in [0, 0.1) is 5.92 Å². The summed E-state index contributed by atoms with van der Waals surface area (Å²) < 4.78 is 28.2. The molecule has 1 saturated heterocycles. The van der Waals surface area contributed by atoms with Crippen LogP contribution in [-0.2, 0) is 14.6 Å². The molecule has 0 saturated carbocycles. The van der Waals surface area contributed by atoms with Gasteiger partial charge in [0, 0.05) is 26.2 Å². The average Bonchev–Trinajstić information content (AvgIpc) is 2.66. The minimum atomic E-state index is -2.86. The molecule has 1 aliphatic rings. The first kappa shape index (κ1) is 16.2. The van der Waals surface area contributed by atoms with Gasteiger partial charge < -0.3 is 15.4 Å². The van der Waals surface area contributed by atoms with E-state index in [1.54, 1.807) is 7.05 Å². The first-order valence-corrected chi connectivity index (χ1v) is 8.50. The zero-order chi connectivity index (χ0) is 14.3. The molecule has 2 N–H and O–H groups in total. The predicted octanol–water partition coefficient (Wildman–Crippen LogP) is 0.0111. The second-order valence-corrected chi connectivity index (χ2v) is 7.44. The van der Waals surface area contributed by atoms with Crippen LogP contribution in [0.15, 0.2) is 4.99 Å². The molecule has 1 fully saturated rings. The number of hydrogen-bond donors (Lipinski definition) is 2. The van der Waals surface area contributed by atoms with E-state index in [-0.39, 0.29) is 17.5 Å². The molecule has 0 bridgehead atoms. The second kappa shape index (κ2) is 7.69. The van der Waals surface area contributed by atoms with E-state index >= 15 is 0 Å². The molecule has 19 heavy (non-hydrogen) atoms. The molecule has 6 nitrogen and oxygen atoms in total. The van der Waals surface area contributed by atoms with Crippen LogP contribution in [0.3, 0.4) is 0 Å². The van der Waals surface area contributed by atoms with Crippen molar-refractivity contribution in [2.24, 2.45) is 10.9 Å². The summed E-state index contributed by atoms with van der Waals surface area (Å²) in [5, 5.41) is 6.24. The van der Waals surface area contributed by atoms with Gasteiger partial charge in [-0.2, -0.15) is 0 Å². The Bertz CT molecular complexity index is 393. The van der Waals surface area contributed by atoms with Crippen LogP contribution in [0.1, 0.15) is 20.3 Å². The Morgan fingerprint density at radius 2 is 2.21 bits per heavy atom.